The van der Waals surface area contributed by atoms with Gasteiger partial charge in [0.05, 0.1) is 18.4 Å². The van der Waals surface area contributed by atoms with E-state index in [1.54, 1.807) is 13.0 Å². The maximum Gasteiger partial charge on any atom is 0.338 e. The van der Waals surface area contributed by atoms with E-state index in [-0.39, 0.29) is 29.2 Å². The van der Waals surface area contributed by atoms with Crippen molar-refractivity contribution in [2.45, 2.75) is 6.92 Å². The standard InChI is InChI=1S/C14H11N3O4/c1-2-20-14(19)9-5-6-11(16-17-15)10(8-9)13(18)12-4-3-7-21-12/h3-8H,2H2,1H3. The zero-order chi connectivity index (χ0) is 15.2. The number of hydrogen-bond donors (Lipinski definition) is 0. The Morgan fingerprint density at radius 3 is 2.81 bits per heavy atom. The van der Waals surface area contributed by atoms with Crippen LogP contribution < -0.4 is 0 Å². The molecule has 0 bridgehead atoms. The Labute approximate surface area is 119 Å². The van der Waals surface area contributed by atoms with E-state index in [0.717, 1.165) is 0 Å². The molecule has 0 amide bonds. The van der Waals surface area contributed by atoms with Crippen LogP contribution in [0, 0.1) is 0 Å². The summed E-state index contributed by atoms with van der Waals surface area (Å²) in [6.07, 6.45) is 1.36. The Balaban J connectivity index is 2.49. The van der Waals surface area contributed by atoms with Crippen molar-refractivity contribution in [3.8, 4) is 0 Å². The van der Waals surface area contributed by atoms with Crippen molar-refractivity contribution < 1.29 is 18.7 Å². The van der Waals surface area contributed by atoms with Gasteiger partial charge in [-0.3, -0.25) is 4.79 Å². The van der Waals surface area contributed by atoms with Crippen LogP contribution in [0.4, 0.5) is 5.69 Å². The van der Waals surface area contributed by atoms with E-state index in [9.17, 15) is 9.59 Å². The van der Waals surface area contributed by atoms with Crippen LogP contribution in [-0.4, -0.2) is 18.4 Å². The Morgan fingerprint density at radius 2 is 2.19 bits per heavy atom. The summed E-state index contributed by atoms with van der Waals surface area (Å²) in [7, 11) is 0. The number of carbonyl (C=O) groups excluding carboxylic acids is 2. The average molecular weight is 285 g/mol. The number of rotatable bonds is 5. The molecule has 106 valence electrons. The number of esters is 1. The first-order valence-corrected chi connectivity index (χ1v) is 6.11. The highest BCUT2D eigenvalue weighted by atomic mass is 16.5. The summed E-state index contributed by atoms with van der Waals surface area (Å²) in [5, 5.41) is 3.45. The Morgan fingerprint density at radius 1 is 1.38 bits per heavy atom. The van der Waals surface area contributed by atoms with Crippen molar-refractivity contribution in [3.05, 3.63) is 63.9 Å². The highest BCUT2D eigenvalue weighted by Gasteiger charge is 2.18. The molecule has 2 rings (SSSR count). The van der Waals surface area contributed by atoms with E-state index in [0.29, 0.717) is 0 Å². The van der Waals surface area contributed by atoms with Crippen molar-refractivity contribution in [2.75, 3.05) is 6.61 Å². The lowest BCUT2D eigenvalue weighted by Gasteiger charge is -2.06. The van der Waals surface area contributed by atoms with Crippen molar-refractivity contribution in [2.24, 2.45) is 5.11 Å². The highest BCUT2D eigenvalue weighted by Crippen LogP contribution is 2.24. The number of ketones is 1. The summed E-state index contributed by atoms with van der Waals surface area (Å²) in [6, 6.07) is 7.20. The number of hydrogen-bond acceptors (Lipinski definition) is 5. The normalized spacial score (nSPS) is 9.76. The molecule has 0 spiro atoms. The predicted octanol–water partition coefficient (Wildman–Crippen LogP) is 3.63. The number of ether oxygens (including phenoxy) is 1. The quantitative estimate of drug-likeness (QED) is 0.275. The third-order valence-electron chi connectivity index (χ3n) is 2.65. The maximum atomic E-state index is 12.3. The third-order valence-corrected chi connectivity index (χ3v) is 2.65. The minimum atomic E-state index is -0.557. The summed E-state index contributed by atoms with van der Waals surface area (Å²) in [5.74, 6) is -0.947. The summed E-state index contributed by atoms with van der Waals surface area (Å²) in [4.78, 5) is 26.7. The number of azide groups is 1. The van der Waals surface area contributed by atoms with Crippen LogP contribution in [0.5, 0.6) is 0 Å². The van der Waals surface area contributed by atoms with Crippen LogP contribution in [0.15, 0.2) is 46.1 Å². The zero-order valence-electron chi connectivity index (χ0n) is 11.1. The van der Waals surface area contributed by atoms with Crippen molar-refractivity contribution in [1.29, 1.82) is 0 Å². The fourth-order valence-electron chi connectivity index (χ4n) is 1.74. The number of benzene rings is 1. The maximum absolute atomic E-state index is 12.3. The van der Waals surface area contributed by atoms with Gasteiger partial charge >= 0.3 is 5.97 Å². The molecule has 7 heteroatoms. The van der Waals surface area contributed by atoms with Crippen LogP contribution >= 0.6 is 0 Å². The fourth-order valence-corrected chi connectivity index (χ4v) is 1.74. The van der Waals surface area contributed by atoms with E-state index in [1.165, 1.54) is 30.5 Å². The molecule has 0 unspecified atom stereocenters. The van der Waals surface area contributed by atoms with Crippen LogP contribution in [-0.2, 0) is 4.74 Å². The van der Waals surface area contributed by atoms with Crippen LogP contribution in [0.25, 0.3) is 10.4 Å². The molecule has 1 aromatic heterocycles. The molecule has 0 aliphatic rings. The van der Waals surface area contributed by atoms with Gasteiger partial charge in [-0.2, -0.15) is 0 Å². The van der Waals surface area contributed by atoms with E-state index in [1.807, 2.05) is 0 Å². The van der Waals surface area contributed by atoms with Crippen LogP contribution in [0.1, 0.15) is 33.4 Å². The first-order chi connectivity index (χ1) is 10.2. The molecule has 0 saturated heterocycles. The minimum Gasteiger partial charge on any atom is -0.462 e. The number of nitrogens with zero attached hydrogens (tertiary/aromatic N) is 3. The second-order valence-electron chi connectivity index (χ2n) is 3.95. The van der Waals surface area contributed by atoms with Gasteiger partial charge < -0.3 is 9.15 Å². The van der Waals surface area contributed by atoms with E-state index in [4.69, 9.17) is 14.7 Å². The highest BCUT2D eigenvalue weighted by molar-refractivity contribution is 6.11. The van der Waals surface area contributed by atoms with Gasteiger partial charge in [-0.15, -0.1) is 0 Å². The molecule has 2 aromatic rings. The monoisotopic (exact) mass is 285 g/mol. The van der Waals surface area contributed by atoms with Crippen molar-refractivity contribution in [3.63, 3.8) is 0 Å². The summed E-state index contributed by atoms with van der Waals surface area (Å²) < 4.78 is 9.91. The first kappa shape index (κ1) is 14.4. The van der Waals surface area contributed by atoms with E-state index < -0.39 is 11.8 Å². The second-order valence-corrected chi connectivity index (χ2v) is 3.95. The van der Waals surface area contributed by atoms with E-state index in [2.05, 4.69) is 10.0 Å². The molecule has 0 N–H and O–H groups in total. The van der Waals surface area contributed by atoms with Gasteiger partial charge in [0.2, 0.25) is 5.78 Å². The van der Waals surface area contributed by atoms with Gasteiger partial charge in [-0.25, -0.2) is 4.79 Å². The largest absolute Gasteiger partial charge is 0.462 e. The topological polar surface area (TPSA) is 105 Å². The number of carbonyl (C=O) groups is 2. The van der Waals surface area contributed by atoms with E-state index >= 15 is 0 Å². The SMILES string of the molecule is CCOC(=O)c1ccc(N=[N+]=[N-])c(C(=O)c2ccco2)c1. The van der Waals surface area contributed by atoms with Gasteiger partial charge in [-0.05, 0) is 36.7 Å². The minimum absolute atomic E-state index is 0.0771. The van der Waals surface area contributed by atoms with Gasteiger partial charge in [0, 0.05) is 16.2 Å². The molecule has 0 aliphatic heterocycles. The Hall–Kier alpha value is -3.05. The molecule has 0 radical (unpaired) electrons. The van der Waals surface area contributed by atoms with Gasteiger partial charge in [0.1, 0.15) is 0 Å². The lowest BCUT2D eigenvalue weighted by molar-refractivity contribution is 0.0526. The molecule has 0 atom stereocenters. The molecule has 1 heterocycles. The Bertz CT molecular complexity index is 716. The van der Waals surface area contributed by atoms with Crippen LogP contribution in [0.2, 0.25) is 0 Å². The predicted molar refractivity (Wildman–Crippen MR) is 73.3 cm³/mol. The molecule has 0 fully saturated rings. The first-order valence-electron chi connectivity index (χ1n) is 6.11. The van der Waals surface area contributed by atoms with Crippen molar-refractivity contribution in [1.82, 2.24) is 0 Å². The molecule has 1 aromatic carbocycles. The molecule has 7 nitrogen and oxygen atoms in total. The molecule has 0 saturated carbocycles. The number of furan rings is 1. The Kier molecular flexibility index (Phi) is 4.38. The second kappa shape index (κ2) is 6.40. The molecular weight excluding hydrogens is 274 g/mol. The van der Waals surface area contributed by atoms with Gasteiger partial charge in [0.15, 0.2) is 5.76 Å². The molecular formula is C14H11N3O4. The average Bonchev–Trinajstić information content (AvgIpc) is 3.01. The lowest BCUT2D eigenvalue weighted by atomic mass is 10.0. The van der Waals surface area contributed by atoms with Gasteiger partial charge in [0.25, 0.3) is 0 Å². The molecule has 21 heavy (non-hydrogen) atoms. The lowest BCUT2D eigenvalue weighted by Crippen LogP contribution is -2.07. The van der Waals surface area contributed by atoms with Crippen LogP contribution in [0.3, 0.4) is 0 Å². The summed E-state index contributed by atoms with van der Waals surface area (Å²) in [6.45, 7) is 1.90. The van der Waals surface area contributed by atoms with Gasteiger partial charge in [-0.1, -0.05) is 11.2 Å². The third kappa shape index (κ3) is 3.10. The zero-order valence-corrected chi connectivity index (χ0v) is 11.1. The summed E-state index contributed by atoms with van der Waals surface area (Å²) >= 11 is 0. The molecule has 0 aliphatic carbocycles. The smallest absolute Gasteiger partial charge is 0.338 e. The fraction of sp³-hybridized carbons (Fsp3) is 0.143. The van der Waals surface area contributed by atoms with Crippen molar-refractivity contribution >= 4 is 17.4 Å². The summed E-state index contributed by atoms with van der Waals surface area (Å²) in [5.41, 5.74) is 8.94.